The SMILES string of the molecule is CCNC(=NCC1(C)CCCO1)NCC(C)N1CCOCC1. The van der Waals surface area contributed by atoms with E-state index in [9.17, 15) is 0 Å². The highest BCUT2D eigenvalue weighted by atomic mass is 16.5. The second-order valence-corrected chi connectivity index (χ2v) is 6.48. The summed E-state index contributed by atoms with van der Waals surface area (Å²) in [6.07, 6.45) is 2.24. The van der Waals surface area contributed by atoms with E-state index >= 15 is 0 Å². The van der Waals surface area contributed by atoms with Crippen molar-refractivity contribution in [2.75, 3.05) is 52.5 Å². The summed E-state index contributed by atoms with van der Waals surface area (Å²) in [4.78, 5) is 7.17. The number of guanidine groups is 1. The predicted molar refractivity (Wildman–Crippen MR) is 89.4 cm³/mol. The highest BCUT2D eigenvalue weighted by Crippen LogP contribution is 2.24. The molecule has 0 aromatic heterocycles. The van der Waals surface area contributed by atoms with Crippen LogP contribution in [0.3, 0.4) is 0 Å². The summed E-state index contributed by atoms with van der Waals surface area (Å²) in [5, 5.41) is 6.78. The minimum atomic E-state index is -0.0851. The van der Waals surface area contributed by atoms with Gasteiger partial charge in [0.2, 0.25) is 0 Å². The van der Waals surface area contributed by atoms with Crippen LogP contribution in [-0.2, 0) is 9.47 Å². The van der Waals surface area contributed by atoms with Crippen LogP contribution in [0.1, 0.15) is 33.6 Å². The third-order valence-corrected chi connectivity index (χ3v) is 4.45. The van der Waals surface area contributed by atoms with Gasteiger partial charge in [-0.3, -0.25) is 9.89 Å². The van der Waals surface area contributed by atoms with Gasteiger partial charge in [0.1, 0.15) is 0 Å². The maximum Gasteiger partial charge on any atom is 0.191 e. The Hall–Kier alpha value is -0.850. The summed E-state index contributed by atoms with van der Waals surface area (Å²) in [6, 6.07) is 0.478. The van der Waals surface area contributed by atoms with E-state index in [-0.39, 0.29) is 5.60 Å². The molecule has 2 saturated heterocycles. The molecule has 0 bridgehead atoms. The average molecular weight is 312 g/mol. The van der Waals surface area contributed by atoms with Gasteiger partial charge in [0.15, 0.2) is 5.96 Å². The van der Waals surface area contributed by atoms with Gasteiger partial charge in [-0.05, 0) is 33.6 Å². The van der Waals surface area contributed by atoms with Crippen LogP contribution in [0.2, 0.25) is 0 Å². The van der Waals surface area contributed by atoms with E-state index in [0.717, 1.165) is 64.8 Å². The number of hydrogen-bond donors (Lipinski definition) is 2. The lowest BCUT2D eigenvalue weighted by molar-refractivity contribution is 0.0210. The fraction of sp³-hybridized carbons (Fsp3) is 0.938. The van der Waals surface area contributed by atoms with Crippen LogP contribution < -0.4 is 10.6 Å². The van der Waals surface area contributed by atoms with Gasteiger partial charge in [-0.2, -0.15) is 0 Å². The molecule has 6 heteroatoms. The molecule has 2 unspecified atom stereocenters. The quantitative estimate of drug-likeness (QED) is 0.562. The second kappa shape index (κ2) is 8.70. The van der Waals surface area contributed by atoms with Gasteiger partial charge >= 0.3 is 0 Å². The van der Waals surface area contributed by atoms with Gasteiger partial charge in [0.05, 0.1) is 25.4 Å². The molecule has 6 nitrogen and oxygen atoms in total. The smallest absolute Gasteiger partial charge is 0.191 e. The molecule has 0 spiro atoms. The van der Waals surface area contributed by atoms with E-state index in [4.69, 9.17) is 14.5 Å². The average Bonchev–Trinajstić information content (AvgIpc) is 2.98. The van der Waals surface area contributed by atoms with Gasteiger partial charge in [-0.15, -0.1) is 0 Å². The minimum absolute atomic E-state index is 0.0851. The predicted octanol–water partition coefficient (Wildman–Crippen LogP) is 0.831. The van der Waals surface area contributed by atoms with Crippen molar-refractivity contribution >= 4 is 5.96 Å². The van der Waals surface area contributed by atoms with Crippen LogP contribution in [0.25, 0.3) is 0 Å². The molecule has 0 saturated carbocycles. The van der Waals surface area contributed by atoms with Gasteiger partial charge in [0, 0.05) is 38.8 Å². The van der Waals surface area contributed by atoms with Crippen molar-refractivity contribution in [2.45, 2.75) is 45.3 Å². The summed E-state index contributed by atoms with van der Waals surface area (Å²) in [6.45, 7) is 13.6. The fourth-order valence-electron chi connectivity index (χ4n) is 2.94. The number of hydrogen-bond acceptors (Lipinski definition) is 4. The van der Waals surface area contributed by atoms with Crippen LogP contribution in [0.5, 0.6) is 0 Å². The first-order valence-electron chi connectivity index (χ1n) is 8.61. The summed E-state index contributed by atoms with van der Waals surface area (Å²) >= 11 is 0. The molecule has 0 aromatic rings. The van der Waals surface area contributed by atoms with Crippen molar-refractivity contribution in [1.29, 1.82) is 0 Å². The standard InChI is InChI=1S/C16H32N4O2/c1-4-17-15(19-13-16(3)6-5-9-22-16)18-12-14(2)20-7-10-21-11-8-20/h14H,4-13H2,1-3H3,(H2,17,18,19). The Balaban J connectivity index is 1.79. The largest absolute Gasteiger partial charge is 0.379 e. The number of nitrogens with one attached hydrogen (secondary N) is 2. The molecule has 2 aliphatic heterocycles. The number of aliphatic imine (C=N–C) groups is 1. The first-order valence-corrected chi connectivity index (χ1v) is 8.61. The van der Waals surface area contributed by atoms with Crippen LogP contribution in [0, 0.1) is 0 Å². The van der Waals surface area contributed by atoms with Crippen molar-refractivity contribution in [1.82, 2.24) is 15.5 Å². The molecule has 2 atom stereocenters. The van der Waals surface area contributed by atoms with Crippen LogP contribution >= 0.6 is 0 Å². The molecular formula is C16H32N4O2. The number of nitrogens with zero attached hydrogens (tertiary/aromatic N) is 2. The van der Waals surface area contributed by atoms with Crippen molar-refractivity contribution in [2.24, 2.45) is 4.99 Å². The van der Waals surface area contributed by atoms with Gasteiger partial charge < -0.3 is 20.1 Å². The second-order valence-electron chi connectivity index (χ2n) is 6.48. The van der Waals surface area contributed by atoms with E-state index in [0.29, 0.717) is 12.6 Å². The molecular weight excluding hydrogens is 280 g/mol. The Morgan fingerprint density at radius 3 is 2.68 bits per heavy atom. The zero-order valence-electron chi connectivity index (χ0n) is 14.4. The molecule has 0 aromatic carbocycles. The summed E-state index contributed by atoms with van der Waals surface area (Å²) in [5.41, 5.74) is -0.0851. The highest BCUT2D eigenvalue weighted by molar-refractivity contribution is 5.79. The molecule has 2 aliphatic rings. The topological polar surface area (TPSA) is 58.1 Å². The molecule has 2 rings (SSSR count). The Bertz CT molecular complexity index is 350. The molecule has 0 aliphatic carbocycles. The Morgan fingerprint density at radius 2 is 2.05 bits per heavy atom. The third-order valence-electron chi connectivity index (χ3n) is 4.45. The third kappa shape index (κ3) is 5.41. The molecule has 0 radical (unpaired) electrons. The lowest BCUT2D eigenvalue weighted by Crippen LogP contribution is -2.49. The lowest BCUT2D eigenvalue weighted by Gasteiger charge is -2.32. The van der Waals surface area contributed by atoms with Crippen molar-refractivity contribution in [3.05, 3.63) is 0 Å². The van der Waals surface area contributed by atoms with E-state index in [1.54, 1.807) is 0 Å². The van der Waals surface area contributed by atoms with Crippen molar-refractivity contribution < 1.29 is 9.47 Å². The normalized spacial score (nSPS) is 28.6. The molecule has 22 heavy (non-hydrogen) atoms. The zero-order chi connectivity index (χ0) is 15.8. The van der Waals surface area contributed by atoms with Crippen LogP contribution in [0.4, 0.5) is 0 Å². The van der Waals surface area contributed by atoms with Crippen molar-refractivity contribution in [3.8, 4) is 0 Å². The Kier molecular flexibility index (Phi) is 6.92. The number of morpholine rings is 1. The van der Waals surface area contributed by atoms with Gasteiger partial charge in [-0.1, -0.05) is 0 Å². The van der Waals surface area contributed by atoms with Crippen molar-refractivity contribution in [3.63, 3.8) is 0 Å². The first kappa shape index (κ1) is 17.5. The molecule has 2 fully saturated rings. The van der Waals surface area contributed by atoms with E-state index < -0.39 is 0 Å². The fourth-order valence-corrected chi connectivity index (χ4v) is 2.94. The van der Waals surface area contributed by atoms with Crippen LogP contribution in [-0.4, -0.2) is 75.0 Å². The van der Waals surface area contributed by atoms with E-state index in [1.165, 1.54) is 0 Å². The zero-order valence-corrected chi connectivity index (χ0v) is 14.4. The minimum Gasteiger partial charge on any atom is -0.379 e. The molecule has 128 valence electrons. The molecule has 0 amide bonds. The molecule has 2 N–H and O–H groups in total. The van der Waals surface area contributed by atoms with Crippen LogP contribution in [0.15, 0.2) is 4.99 Å². The lowest BCUT2D eigenvalue weighted by atomic mass is 10.0. The molecule has 2 heterocycles. The highest BCUT2D eigenvalue weighted by Gasteiger charge is 2.29. The maximum atomic E-state index is 5.80. The Morgan fingerprint density at radius 1 is 1.27 bits per heavy atom. The van der Waals surface area contributed by atoms with E-state index in [2.05, 4.69) is 36.3 Å². The number of ether oxygens (including phenoxy) is 2. The first-order chi connectivity index (χ1) is 10.6. The van der Waals surface area contributed by atoms with Gasteiger partial charge in [-0.25, -0.2) is 0 Å². The summed E-state index contributed by atoms with van der Waals surface area (Å²) in [5.74, 6) is 0.888. The maximum absolute atomic E-state index is 5.80. The monoisotopic (exact) mass is 312 g/mol. The Labute approximate surface area is 134 Å². The summed E-state index contributed by atoms with van der Waals surface area (Å²) < 4.78 is 11.2. The summed E-state index contributed by atoms with van der Waals surface area (Å²) in [7, 11) is 0. The van der Waals surface area contributed by atoms with E-state index in [1.807, 2.05) is 0 Å². The van der Waals surface area contributed by atoms with Gasteiger partial charge in [0.25, 0.3) is 0 Å². The number of rotatable bonds is 6.